The van der Waals surface area contributed by atoms with Crippen molar-refractivity contribution < 1.29 is 35.5 Å². The van der Waals surface area contributed by atoms with Gasteiger partial charge in [0.05, 0.1) is 4.90 Å². The Labute approximate surface area is 98.4 Å². The molecule has 0 aliphatic rings. The first-order valence-electron chi connectivity index (χ1n) is 4.18. The minimum absolute atomic E-state index is 0.581. The third-order valence-electron chi connectivity index (χ3n) is 1.58. The summed E-state index contributed by atoms with van der Waals surface area (Å²) in [5, 5.41) is 0. The standard InChI is InChI=1S/C8H5F4NO4S/c9-7(14)13-18(15,16)6-3-1-5(2-4-6)17-8(10,11)12/h1-4H,(H,13,14). The molecule has 0 bridgehead atoms. The van der Waals surface area contributed by atoms with E-state index in [4.69, 9.17) is 0 Å². The van der Waals surface area contributed by atoms with Gasteiger partial charge in [0.2, 0.25) is 0 Å². The molecule has 0 aromatic heterocycles. The highest BCUT2D eigenvalue weighted by Gasteiger charge is 2.31. The van der Waals surface area contributed by atoms with E-state index < -0.39 is 33.2 Å². The van der Waals surface area contributed by atoms with Crippen molar-refractivity contribution in [3.8, 4) is 5.75 Å². The third kappa shape index (κ3) is 4.20. The summed E-state index contributed by atoms with van der Waals surface area (Å²) >= 11 is 0. The molecular formula is C8H5F4NO4S. The van der Waals surface area contributed by atoms with Gasteiger partial charge in [0.15, 0.2) is 0 Å². The molecule has 100 valence electrons. The van der Waals surface area contributed by atoms with E-state index in [-0.39, 0.29) is 0 Å². The molecule has 1 N–H and O–H groups in total. The lowest BCUT2D eigenvalue weighted by molar-refractivity contribution is -0.274. The lowest BCUT2D eigenvalue weighted by Gasteiger charge is -2.09. The first kappa shape index (κ1) is 14.2. The van der Waals surface area contributed by atoms with Crippen molar-refractivity contribution >= 4 is 16.2 Å². The van der Waals surface area contributed by atoms with Crippen LogP contribution in [0.15, 0.2) is 29.2 Å². The number of sulfonamides is 1. The molecule has 0 atom stereocenters. The number of nitrogens with one attached hydrogen (secondary N) is 1. The van der Waals surface area contributed by atoms with E-state index in [2.05, 4.69) is 4.74 Å². The molecule has 0 aliphatic carbocycles. The predicted molar refractivity (Wildman–Crippen MR) is 50.0 cm³/mol. The monoisotopic (exact) mass is 287 g/mol. The molecule has 1 aromatic rings. The summed E-state index contributed by atoms with van der Waals surface area (Å²) in [5.41, 5.74) is 0. The number of hydrogen-bond acceptors (Lipinski definition) is 4. The maximum Gasteiger partial charge on any atom is 0.573 e. The van der Waals surface area contributed by atoms with Crippen LogP contribution in [0, 0.1) is 0 Å². The second kappa shape index (κ2) is 4.80. The van der Waals surface area contributed by atoms with Crippen molar-refractivity contribution in [3.05, 3.63) is 24.3 Å². The fourth-order valence-corrected chi connectivity index (χ4v) is 1.81. The van der Waals surface area contributed by atoms with E-state index >= 15 is 0 Å². The van der Waals surface area contributed by atoms with Gasteiger partial charge in [0.25, 0.3) is 10.0 Å². The summed E-state index contributed by atoms with van der Waals surface area (Å²) in [6, 6.07) is 2.88. The number of ether oxygens (including phenoxy) is 1. The van der Waals surface area contributed by atoms with Gasteiger partial charge in [-0.15, -0.1) is 17.6 Å². The van der Waals surface area contributed by atoms with E-state index in [9.17, 15) is 30.8 Å². The summed E-state index contributed by atoms with van der Waals surface area (Å²) in [5.74, 6) is -0.645. The highest BCUT2D eigenvalue weighted by atomic mass is 32.2. The molecule has 0 unspecified atom stereocenters. The van der Waals surface area contributed by atoms with Crippen LogP contribution < -0.4 is 9.46 Å². The van der Waals surface area contributed by atoms with Crippen molar-refractivity contribution in [2.45, 2.75) is 11.3 Å². The molecule has 18 heavy (non-hydrogen) atoms. The Morgan fingerprint density at radius 3 is 2.06 bits per heavy atom. The Morgan fingerprint density at radius 1 is 1.17 bits per heavy atom. The zero-order chi connectivity index (χ0) is 14.0. The third-order valence-corrected chi connectivity index (χ3v) is 2.90. The van der Waals surface area contributed by atoms with Gasteiger partial charge in [-0.05, 0) is 24.3 Å². The Morgan fingerprint density at radius 2 is 1.67 bits per heavy atom. The Kier molecular flexibility index (Phi) is 3.79. The van der Waals surface area contributed by atoms with Crippen molar-refractivity contribution in [2.24, 2.45) is 0 Å². The fraction of sp³-hybridized carbons (Fsp3) is 0.125. The maximum absolute atomic E-state index is 11.9. The second-order valence-electron chi connectivity index (χ2n) is 2.90. The summed E-state index contributed by atoms with van der Waals surface area (Å²) < 4.78 is 74.2. The minimum Gasteiger partial charge on any atom is -0.406 e. The van der Waals surface area contributed by atoms with E-state index in [1.807, 2.05) is 0 Å². The average molecular weight is 287 g/mol. The van der Waals surface area contributed by atoms with Gasteiger partial charge in [-0.25, -0.2) is 17.9 Å². The molecular weight excluding hydrogens is 282 g/mol. The zero-order valence-corrected chi connectivity index (χ0v) is 9.18. The maximum atomic E-state index is 11.9. The van der Waals surface area contributed by atoms with Gasteiger partial charge >= 0.3 is 12.5 Å². The molecule has 0 saturated carbocycles. The Bertz CT molecular complexity index is 537. The molecule has 0 aliphatic heterocycles. The van der Waals surface area contributed by atoms with Gasteiger partial charge < -0.3 is 4.74 Å². The Hall–Kier alpha value is -1.84. The predicted octanol–water partition coefficient (Wildman–Crippen LogP) is 1.95. The van der Waals surface area contributed by atoms with Crippen LogP contribution in [0.3, 0.4) is 0 Å². The summed E-state index contributed by atoms with van der Waals surface area (Å²) in [6.45, 7) is 0. The number of amides is 1. The van der Waals surface area contributed by atoms with Crippen LogP contribution in [0.4, 0.5) is 22.4 Å². The molecule has 0 spiro atoms. The number of halogens is 4. The van der Waals surface area contributed by atoms with Gasteiger partial charge in [-0.1, -0.05) is 0 Å². The molecule has 0 heterocycles. The molecule has 1 rings (SSSR count). The van der Waals surface area contributed by atoms with Crippen LogP contribution in [0.5, 0.6) is 5.75 Å². The van der Waals surface area contributed by atoms with Crippen LogP contribution in [-0.2, 0) is 10.0 Å². The van der Waals surface area contributed by atoms with Crippen LogP contribution in [0.2, 0.25) is 0 Å². The molecule has 1 amide bonds. The smallest absolute Gasteiger partial charge is 0.406 e. The van der Waals surface area contributed by atoms with E-state index in [0.29, 0.717) is 12.1 Å². The van der Waals surface area contributed by atoms with Gasteiger partial charge in [-0.3, -0.25) is 0 Å². The molecule has 1 aromatic carbocycles. The summed E-state index contributed by atoms with van der Waals surface area (Å²) in [4.78, 5) is 9.38. The SMILES string of the molecule is O=C(F)NS(=O)(=O)c1ccc(OC(F)(F)F)cc1. The molecule has 0 fully saturated rings. The fourth-order valence-electron chi connectivity index (χ4n) is 0.985. The van der Waals surface area contributed by atoms with Crippen LogP contribution in [0.25, 0.3) is 0 Å². The summed E-state index contributed by atoms with van der Waals surface area (Å²) in [7, 11) is -4.43. The molecule has 0 saturated heterocycles. The Balaban J connectivity index is 2.93. The first-order chi connectivity index (χ1) is 8.10. The van der Waals surface area contributed by atoms with Crippen molar-refractivity contribution in [3.63, 3.8) is 0 Å². The average Bonchev–Trinajstić information content (AvgIpc) is 2.13. The van der Waals surface area contributed by atoms with Crippen LogP contribution in [-0.4, -0.2) is 20.9 Å². The molecule has 0 radical (unpaired) electrons. The largest absolute Gasteiger partial charge is 0.573 e. The highest BCUT2D eigenvalue weighted by molar-refractivity contribution is 7.90. The van der Waals surface area contributed by atoms with Crippen LogP contribution >= 0.6 is 0 Å². The summed E-state index contributed by atoms with van der Waals surface area (Å²) in [6.07, 6.45) is -7.21. The van der Waals surface area contributed by atoms with Gasteiger partial charge in [-0.2, -0.15) is 0 Å². The van der Waals surface area contributed by atoms with Gasteiger partial charge in [0.1, 0.15) is 5.75 Å². The topological polar surface area (TPSA) is 72.5 Å². The van der Waals surface area contributed by atoms with Crippen molar-refractivity contribution in [2.75, 3.05) is 0 Å². The lowest BCUT2D eigenvalue weighted by atomic mass is 10.3. The number of carbonyl (C=O) groups is 1. The second-order valence-corrected chi connectivity index (χ2v) is 4.58. The number of hydrogen-bond donors (Lipinski definition) is 1. The van der Waals surface area contributed by atoms with E-state index in [0.717, 1.165) is 16.9 Å². The van der Waals surface area contributed by atoms with E-state index in [1.165, 1.54) is 0 Å². The first-order valence-corrected chi connectivity index (χ1v) is 5.66. The van der Waals surface area contributed by atoms with E-state index in [1.54, 1.807) is 0 Å². The highest BCUT2D eigenvalue weighted by Crippen LogP contribution is 2.23. The minimum atomic E-state index is -4.91. The molecule has 5 nitrogen and oxygen atoms in total. The normalized spacial score (nSPS) is 12.0. The number of carbonyl (C=O) groups excluding carboxylic acids is 1. The number of rotatable bonds is 3. The van der Waals surface area contributed by atoms with Crippen molar-refractivity contribution in [1.29, 1.82) is 0 Å². The van der Waals surface area contributed by atoms with Crippen molar-refractivity contribution in [1.82, 2.24) is 4.72 Å². The number of benzene rings is 1. The zero-order valence-electron chi connectivity index (χ0n) is 8.36. The molecule has 10 heteroatoms. The quantitative estimate of drug-likeness (QED) is 0.524. The number of alkyl halides is 3. The van der Waals surface area contributed by atoms with Crippen LogP contribution in [0.1, 0.15) is 0 Å². The van der Waals surface area contributed by atoms with Gasteiger partial charge in [0, 0.05) is 0 Å². The lowest BCUT2D eigenvalue weighted by Crippen LogP contribution is -2.26.